The highest BCUT2D eigenvalue weighted by Crippen LogP contribution is 2.26. The van der Waals surface area contributed by atoms with Gasteiger partial charge in [-0.15, -0.1) is 11.3 Å². The standard InChI is InChI=1S/C15H15FN2O4S/c1-2-5-17-15(21)18-13(19)8-22-14(20)12-7-9-6-10(16)3-4-11(9)23-12/h3-4,6-7H,2,5,8H2,1H3,(H2,17,18,19,21). The summed E-state index contributed by atoms with van der Waals surface area (Å²) in [6.07, 6.45) is 0.739. The number of amides is 3. The van der Waals surface area contributed by atoms with E-state index in [1.165, 1.54) is 18.2 Å². The van der Waals surface area contributed by atoms with E-state index in [0.717, 1.165) is 22.5 Å². The molecular formula is C15H15FN2O4S. The van der Waals surface area contributed by atoms with Crippen molar-refractivity contribution in [1.82, 2.24) is 10.6 Å². The summed E-state index contributed by atoms with van der Waals surface area (Å²) in [6, 6.07) is 5.04. The minimum absolute atomic E-state index is 0.258. The summed E-state index contributed by atoms with van der Waals surface area (Å²) < 4.78 is 18.7. The lowest BCUT2D eigenvalue weighted by atomic mass is 10.2. The highest BCUT2D eigenvalue weighted by molar-refractivity contribution is 7.20. The molecule has 1 aromatic carbocycles. The van der Waals surface area contributed by atoms with Crippen LogP contribution in [0.1, 0.15) is 23.0 Å². The molecule has 3 amide bonds. The third-order valence-corrected chi connectivity index (χ3v) is 3.90. The lowest BCUT2D eigenvalue weighted by molar-refractivity contribution is -0.123. The molecule has 1 aromatic heterocycles. The van der Waals surface area contributed by atoms with Crippen LogP contribution in [0.15, 0.2) is 24.3 Å². The maximum Gasteiger partial charge on any atom is 0.348 e. The van der Waals surface area contributed by atoms with Crippen LogP contribution in [0.3, 0.4) is 0 Å². The van der Waals surface area contributed by atoms with Gasteiger partial charge in [-0.25, -0.2) is 14.0 Å². The van der Waals surface area contributed by atoms with Crippen LogP contribution in [0.2, 0.25) is 0 Å². The molecule has 1 heterocycles. The van der Waals surface area contributed by atoms with Crippen molar-refractivity contribution in [2.24, 2.45) is 0 Å². The number of ether oxygens (including phenoxy) is 1. The maximum absolute atomic E-state index is 13.1. The summed E-state index contributed by atoms with van der Waals surface area (Å²) in [4.78, 5) is 34.9. The Hall–Kier alpha value is -2.48. The summed E-state index contributed by atoms with van der Waals surface area (Å²) >= 11 is 1.14. The molecule has 0 bridgehead atoms. The van der Waals surface area contributed by atoms with Gasteiger partial charge < -0.3 is 10.1 Å². The van der Waals surface area contributed by atoms with Gasteiger partial charge in [0.05, 0.1) is 0 Å². The van der Waals surface area contributed by atoms with Crippen molar-refractivity contribution in [3.05, 3.63) is 35.0 Å². The van der Waals surface area contributed by atoms with Crippen LogP contribution in [0.25, 0.3) is 10.1 Å². The first kappa shape index (κ1) is 16.9. The first-order valence-electron chi connectivity index (χ1n) is 6.93. The normalized spacial score (nSPS) is 10.3. The Morgan fingerprint density at radius 2 is 2.04 bits per heavy atom. The smallest absolute Gasteiger partial charge is 0.348 e. The van der Waals surface area contributed by atoms with E-state index < -0.39 is 30.3 Å². The molecule has 0 atom stereocenters. The van der Waals surface area contributed by atoms with Crippen LogP contribution >= 0.6 is 11.3 Å². The first-order valence-corrected chi connectivity index (χ1v) is 7.75. The second-order valence-electron chi connectivity index (χ2n) is 4.67. The highest BCUT2D eigenvalue weighted by Gasteiger charge is 2.15. The molecule has 2 aromatic rings. The van der Waals surface area contributed by atoms with Gasteiger partial charge in [-0.2, -0.15) is 0 Å². The Balaban J connectivity index is 1.88. The van der Waals surface area contributed by atoms with Gasteiger partial charge in [0.15, 0.2) is 6.61 Å². The third-order valence-electron chi connectivity index (χ3n) is 2.80. The number of thiophene rings is 1. The predicted molar refractivity (Wildman–Crippen MR) is 83.9 cm³/mol. The quantitative estimate of drug-likeness (QED) is 0.820. The first-order chi connectivity index (χ1) is 11.0. The van der Waals surface area contributed by atoms with E-state index in [-0.39, 0.29) is 4.88 Å². The summed E-state index contributed by atoms with van der Waals surface area (Å²) in [7, 11) is 0. The van der Waals surface area contributed by atoms with Gasteiger partial charge in [0.25, 0.3) is 5.91 Å². The van der Waals surface area contributed by atoms with Crippen LogP contribution in [0.5, 0.6) is 0 Å². The molecule has 2 rings (SSSR count). The zero-order valence-electron chi connectivity index (χ0n) is 12.3. The number of benzene rings is 1. The fourth-order valence-electron chi connectivity index (χ4n) is 1.76. The van der Waals surface area contributed by atoms with E-state index in [2.05, 4.69) is 5.32 Å². The van der Waals surface area contributed by atoms with Gasteiger partial charge in [0, 0.05) is 11.2 Å². The molecule has 23 heavy (non-hydrogen) atoms. The number of esters is 1. The highest BCUT2D eigenvalue weighted by atomic mass is 32.1. The van der Waals surface area contributed by atoms with E-state index in [4.69, 9.17) is 4.74 Å². The number of nitrogens with one attached hydrogen (secondary N) is 2. The third kappa shape index (κ3) is 4.75. The lowest BCUT2D eigenvalue weighted by Gasteiger charge is -2.05. The zero-order chi connectivity index (χ0) is 16.8. The van der Waals surface area contributed by atoms with Crippen molar-refractivity contribution in [3.8, 4) is 0 Å². The van der Waals surface area contributed by atoms with Crippen LogP contribution in [-0.2, 0) is 9.53 Å². The topological polar surface area (TPSA) is 84.5 Å². The minimum atomic E-state index is -0.723. The van der Waals surface area contributed by atoms with Crippen LogP contribution in [0.4, 0.5) is 9.18 Å². The van der Waals surface area contributed by atoms with Crippen molar-refractivity contribution >= 4 is 39.3 Å². The Labute approximate surface area is 135 Å². The van der Waals surface area contributed by atoms with E-state index in [1.807, 2.05) is 12.2 Å². The van der Waals surface area contributed by atoms with E-state index >= 15 is 0 Å². The molecule has 0 saturated carbocycles. The number of imide groups is 1. The number of hydrogen-bond donors (Lipinski definition) is 2. The Bertz CT molecular complexity index is 744. The van der Waals surface area contributed by atoms with Gasteiger partial charge in [0.2, 0.25) is 0 Å². The van der Waals surface area contributed by atoms with Crippen LogP contribution in [-0.4, -0.2) is 31.1 Å². The van der Waals surface area contributed by atoms with Crippen LogP contribution in [0, 0.1) is 5.82 Å². The number of hydrogen-bond acceptors (Lipinski definition) is 5. The summed E-state index contributed by atoms with van der Waals surface area (Å²) in [5.41, 5.74) is 0. The number of halogens is 1. The van der Waals surface area contributed by atoms with Crippen molar-refractivity contribution in [2.75, 3.05) is 13.2 Å². The number of rotatable bonds is 5. The second kappa shape index (κ2) is 7.68. The molecule has 0 radical (unpaired) electrons. The number of carbonyl (C=O) groups excluding carboxylic acids is 3. The predicted octanol–water partition coefficient (Wildman–Crippen LogP) is 2.43. The molecule has 0 aliphatic heterocycles. The maximum atomic E-state index is 13.1. The minimum Gasteiger partial charge on any atom is -0.451 e. The second-order valence-corrected chi connectivity index (χ2v) is 5.76. The van der Waals surface area contributed by atoms with Gasteiger partial charge in [-0.05, 0) is 36.1 Å². The number of urea groups is 1. The molecule has 6 nitrogen and oxygen atoms in total. The largest absolute Gasteiger partial charge is 0.451 e. The molecule has 2 N–H and O–H groups in total. The fraction of sp³-hybridized carbons (Fsp3) is 0.267. The van der Waals surface area contributed by atoms with Crippen molar-refractivity contribution in [1.29, 1.82) is 0 Å². The Morgan fingerprint density at radius 3 is 2.78 bits per heavy atom. The molecule has 122 valence electrons. The van der Waals surface area contributed by atoms with Crippen LogP contribution < -0.4 is 10.6 Å². The van der Waals surface area contributed by atoms with Crippen molar-refractivity contribution < 1.29 is 23.5 Å². The average molecular weight is 338 g/mol. The molecule has 0 aliphatic rings. The molecule has 0 unspecified atom stereocenters. The molecule has 0 fully saturated rings. The number of fused-ring (bicyclic) bond motifs is 1. The Morgan fingerprint density at radius 1 is 1.26 bits per heavy atom. The van der Waals surface area contributed by atoms with Crippen molar-refractivity contribution in [3.63, 3.8) is 0 Å². The fourth-order valence-corrected chi connectivity index (χ4v) is 2.70. The molecule has 0 saturated heterocycles. The summed E-state index contributed by atoms with van der Waals surface area (Å²) in [5, 5.41) is 5.09. The molecule has 0 spiro atoms. The molecular weight excluding hydrogens is 323 g/mol. The van der Waals surface area contributed by atoms with E-state index in [0.29, 0.717) is 11.9 Å². The summed E-state index contributed by atoms with van der Waals surface area (Å²) in [5.74, 6) is -1.82. The van der Waals surface area contributed by atoms with E-state index in [9.17, 15) is 18.8 Å². The zero-order valence-corrected chi connectivity index (χ0v) is 13.2. The molecule has 8 heteroatoms. The van der Waals surface area contributed by atoms with Gasteiger partial charge in [0.1, 0.15) is 10.7 Å². The SMILES string of the molecule is CCCNC(=O)NC(=O)COC(=O)c1cc2cc(F)ccc2s1. The number of carbonyl (C=O) groups is 3. The average Bonchev–Trinajstić information content (AvgIpc) is 2.93. The van der Waals surface area contributed by atoms with Gasteiger partial charge in [-0.1, -0.05) is 6.92 Å². The molecule has 0 aliphatic carbocycles. The van der Waals surface area contributed by atoms with Crippen molar-refractivity contribution in [2.45, 2.75) is 13.3 Å². The van der Waals surface area contributed by atoms with Gasteiger partial charge in [-0.3, -0.25) is 10.1 Å². The monoisotopic (exact) mass is 338 g/mol. The Kier molecular flexibility index (Phi) is 5.64. The van der Waals surface area contributed by atoms with Gasteiger partial charge >= 0.3 is 12.0 Å². The van der Waals surface area contributed by atoms with E-state index in [1.54, 1.807) is 6.07 Å². The summed E-state index contributed by atoms with van der Waals surface area (Å²) in [6.45, 7) is 1.75. The lowest BCUT2D eigenvalue weighted by Crippen LogP contribution is -2.41.